The van der Waals surface area contributed by atoms with Crippen LogP contribution in [0, 0.1) is 22.0 Å². The molecule has 2 saturated heterocycles. The fourth-order valence-corrected chi connectivity index (χ4v) is 5.17. The van der Waals surface area contributed by atoms with Crippen molar-refractivity contribution >= 4 is 58.4 Å². The third kappa shape index (κ3) is 3.23. The number of hydrazone groups is 1. The minimum atomic E-state index is -1.12. The number of non-ortho nitro benzene ring substituents is 1. The highest BCUT2D eigenvalue weighted by molar-refractivity contribution is 6.38. The Bertz CT molecular complexity index is 1290. The summed E-state index contributed by atoms with van der Waals surface area (Å²) in [5.74, 6) is -3.53. The third-order valence-electron chi connectivity index (χ3n) is 6.05. The van der Waals surface area contributed by atoms with Gasteiger partial charge in [0.15, 0.2) is 5.78 Å². The Balaban J connectivity index is 1.59. The lowest BCUT2D eigenvalue weighted by Gasteiger charge is -2.30. The largest absolute Gasteiger partial charge is 0.292 e. The first kappa shape index (κ1) is 21.3. The van der Waals surface area contributed by atoms with Crippen LogP contribution in [0.5, 0.6) is 0 Å². The number of rotatable bonds is 4. The number of amides is 2. The SMILES string of the molecule is O=C(c1cccc([N+](=O)[O-])c1)[C@@H]1[C@@H]2C(=O)N(c3ccc(Cl)cc3Cl)C(=O)[C@@H]2[C@@H]2C=CC=NN12. The van der Waals surface area contributed by atoms with Gasteiger partial charge in [-0.25, -0.2) is 4.90 Å². The van der Waals surface area contributed by atoms with Gasteiger partial charge in [0, 0.05) is 28.9 Å². The summed E-state index contributed by atoms with van der Waals surface area (Å²) in [6.07, 6.45) is 4.83. The summed E-state index contributed by atoms with van der Waals surface area (Å²) in [5.41, 5.74) is -0.0131. The molecule has 5 rings (SSSR count). The highest BCUT2D eigenvalue weighted by Gasteiger charge is 2.64. The zero-order chi connectivity index (χ0) is 23.4. The van der Waals surface area contributed by atoms with Gasteiger partial charge in [-0.05, 0) is 24.3 Å². The van der Waals surface area contributed by atoms with Gasteiger partial charge in [-0.3, -0.25) is 29.5 Å². The van der Waals surface area contributed by atoms with Crippen LogP contribution in [0.1, 0.15) is 10.4 Å². The average molecular weight is 485 g/mol. The Kier molecular flexibility index (Phi) is 5.02. The molecule has 2 aromatic carbocycles. The fourth-order valence-electron chi connectivity index (χ4n) is 4.68. The lowest BCUT2D eigenvalue weighted by atomic mass is 9.86. The number of hydrogen-bond donors (Lipinski definition) is 0. The number of fused-ring (bicyclic) bond motifs is 3. The van der Waals surface area contributed by atoms with E-state index in [1.807, 2.05) is 0 Å². The van der Waals surface area contributed by atoms with Gasteiger partial charge in [-0.2, -0.15) is 5.10 Å². The molecule has 33 heavy (non-hydrogen) atoms. The number of allylic oxidation sites excluding steroid dienone is 1. The molecule has 0 radical (unpaired) electrons. The standard InChI is InChI=1S/C22H14Cl2N4O5/c23-12-6-7-15(14(24)10-12)26-21(30)17-16-5-2-8-25-27(16)19(18(17)22(26)31)20(29)11-3-1-4-13(9-11)28(32)33/h1-10,16-19H/t16-,17+,18+,19-/m0/s1. The molecule has 3 aliphatic heterocycles. The maximum absolute atomic E-state index is 13.6. The summed E-state index contributed by atoms with van der Waals surface area (Å²) in [7, 11) is 0. The van der Waals surface area contributed by atoms with E-state index in [0.29, 0.717) is 5.02 Å². The van der Waals surface area contributed by atoms with Gasteiger partial charge < -0.3 is 0 Å². The Morgan fingerprint density at radius 1 is 1.06 bits per heavy atom. The van der Waals surface area contributed by atoms with Crippen LogP contribution in [0.4, 0.5) is 11.4 Å². The van der Waals surface area contributed by atoms with Gasteiger partial charge in [0.2, 0.25) is 11.8 Å². The van der Waals surface area contributed by atoms with E-state index in [1.165, 1.54) is 47.6 Å². The van der Waals surface area contributed by atoms with Crippen LogP contribution in [-0.4, -0.2) is 45.8 Å². The maximum atomic E-state index is 13.6. The number of carbonyl (C=O) groups excluding carboxylic acids is 3. The molecular formula is C22H14Cl2N4O5. The first-order chi connectivity index (χ1) is 15.8. The number of Topliss-reactive ketones (excluding diaryl/α,β-unsaturated/α-hetero) is 1. The van der Waals surface area contributed by atoms with Crippen molar-refractivity contribution < 1.29 is 19.3 Å². The highest BCUT2D eigenvalue weighted by Crippen LogP contribution is 2.47. The molecule has 2 fully saturated rings. The molecule has 3 heterocycles. The minimum Gasteiger partial charge on any atom is -0.292 e. The van der Waals surface area contributed by atoms with E-state index in [4.69, 9.17) is 23.2 Å². The van der Waals surface area contributed by atoms with E-state index in [9.17, 15) is 24.5 Å². The topological polar surface area (TPSA) is 113 Å². The van der Waals surface area contributed by atoms with Crippen LogP contribution >= 0.6 is 23.2 Å². The number of anilines is 1. The number of halogens is 2. The number of ketones is 1. The quantitative estimate of drug-likeness (QED) is 0.284. The number of nitro benzene ring substituents is 1. The van der Waals surface area contributed by atoms with Crippen LogP contribution in [-0.2, 0) is 9.59 Å². The number of imide groups is 1. The summed E-state index contributed by atoms with van der Waals surface area (Å²) in [5, 5.41) is 17.3. The van der Waals surface area contributed by atoms with Crippen LogP contribution < -0.4 is 4.90 Å². The van der Waals surface area contributed by atoms with E-state index in [1.54, 1.807) is 12.2 Å². The van der Waals surface area contributed by atoms with Gasteiger partial charge in [0.25, 0.3) is 5.69 Å². The summed E-state index contributed by atoms with van der Waals surface area (Å²) >= 11 is 12.2. The molecule has 11 heteroatoms. The summed E-state index contributed by atoms with van der Waals surface area (Å²) in [4.78, 5) is 52.1. The monoisotopic (exact) mass is 484 g/mol. The summed E-state index contributed by atoms with van der Waals surface area (Å²) < 4.78 is 0. The van der Waals surface area contributed by atoms with Crippen molar-refractivity contribution in [2.75, 3.05) is 4.90 Å². The highest BCUT2D eigenvalue weighted by atomic mass is 35.5. The van der Waals surface area contributed by atoms with E-state index in [0.717, 1.165) is 11.0 Å². The van der Waals surface area contributed by atoms with Crippen LogP contribution in [0.3, 0.4) is 0 Å². The van der Waals surface area contributed by atoms with E-state index >= 15 is 0 Å². The van der Waals surface area contributed by atoms with Crippen LogP contribution in [0.25, 0.3) is 0 Å². The Morgan fingerprint density at radius 3 is 2.55 bits per heavy atom. The van der Waals surface area contributed by atoms with Gasteiger partial charge in [0.05, 0.1) is 33.5 Å². The van der Waals surface area contributed by atoms with Crippen LogP contribution in [0.15, 0.2) is 59.7 Å². The molecule has 9 nitrogen and oxygen atoms in total. The molecule has 0 aromatic heterocycles. The van der Waals surface area contributed by atoms with E-state index < -0.39 is 46.4 Å². The predicted molar refractivity (Wildman–Crippen MR) is 120 cm³/mol. The first-order valence-electron chi connectivity index (χ1n) is 9.90. The van der Waals surface area contributed by atoms with Gasteiger partial charge in [0.1, 0.15) is 6.04 Å². The second kappa shape index (κ2) is 7.79. The smallest absolute Gasteiger partial charge is 0.270 e. The normalized spacial score (nSPS) is 25.4. The zero-order valence-electron chi connectivity index (χ0n) is 16.7. The molecule has 2 amide bonds. The zero-order valence-corrected chi connectivity index (χ0v) is 18.2. The van der Waals surface area contributed by atoms with Crippen molar-refractivity contribution in [3.8, 4) is 0 Å². The second-order valence-corrected chi connectivity index (χ2v) is 8.64. The fraction of sp³-hybridized carbons (Fsp3) is 0.182. The molecule has 0 saturated carbocycles. The van der Waals surface area contributed by atoms with Crippen molar-refractivity contribution in [2.45, 2.75) is 12.1 Å². The second-order valence-electron chi connectivity index (χ2n) is 7.80. The van der Waals surface area contributed by atoms with Crippen molar-refractivity contribution in [3.05, 3.63) is 80.3 Å². The van der Waals surface area contributed by atoms with Crippen molar-refractivity contribution in [1.29, 1.82) is 0 Å². The first-order valence-corrected chi connectivity index (χ1v) is 10.7. The summed E-state index contributed by atoms with van der Waals surface area (Å²) in [6, 6.07) is 7.95. The number of nitro groups is 1. The number of hydrogen-bond acceptors (Lipinski definition) is 7. The molecular weight excluding hydrogens is 471 g/mol. The van der Waals surface area contributed by atoms with Crippen molar-refractivity contribution in [2.24, 2.45) is 16.9 Å². The minimum absolute atomic E-state index is 0.0570. The molecule has 0 aliphatic carbocycles. The Hall–Kier alpha value is -3.56. The molecule has 2 aromatic rings. The van der Waals surface area contributed by atoms with Gasteiger partial charge >= 0.3 is 0 Å². The molecule has 0 spiro atoms. The van der Waals surface area contributed by atoms with E-state index in [2.05, 4.69) is 5.10 Å². The molecule has 0 N–H and O–H groups in total. The molecule has 0 bridgehead atoms. The number of nitrogens with zero attached hydrogens (tertiary/aromatic N) is 4. The Morgan fingerprint density at radius 2 is 1.82 bits per heavy atom. The molecule has 166 valence electrons. The predicted octanol–water partition coefficient (Wildman–Crippen LogP) is 3.50. The van der Waals surface area contributed by atoms with Crippen molar-refractivity contribution in [3.63, 3.8) is 0 Å². The number of benzene rings is 2. The van der Waals surface area contributed by atoms with Gasteiger partial charge in [-0.1, -0.05) is 41.4 Å². The maximum Gasteiger partial charge on any atom is 0.270 e. The summed E-state index contributed by atoms with van der Waals surface area (Å²) in [6.45, 7) is 0. The van der Waals surface area contributed by atoms with Gasteiger partial charge in [-0.15, -0.1) is 0 Å². The molecule has 3 aliphatic rings. The van der Waals surface area contributed by atoms with Crippen LogP contribution in [0.2, 0.25) is 10.0 Å². The average Bonchev–Trinajstić information content (AvgIpc) is 3.27. The Labute approximate surface area is 197 Å². The molecule has 0 unspecified atom stereocenters. The molecule has 4 atom stereocenters. The third-order valence-corrected chi connectivity index (χ3v) is 6.59. The van der Waals surface area contributed by atoms with Crippen molar-refractivity contribution in [1.82, 2.24) is 5.01 Å². The lowest BCUT2D eigenvalue weighted by Crippen LogP contribution is -2.46. The number of carbonyl (C=O) groups is 3. The lowest BCUT2D eigenvalue weighted by molar-refractivity contribution is -0.384. The van der Waals surface area contributed by atoms with E-state index in [-0.39, 0.29) is 22.0 Å².